The van der Waals surface area contributed by atoms with Crippen LogP contribution in [0.3, 0.4) is 0 Å². The van der Waals surface area contributed by atoms with Crippen LogP contribution in [-0.4, -0.2) is 25.5 Å². The molecule has 0 atom stereocenters. The fourth-order valence-electron chi connectivity index (χ4n) is 4.42. The lowest BCUT2D eigenvalue weighted by molar-refractivity contribution is 0.414. The fourth-order valence-corrected chi connectivity index (χ4v) is 5.50. The van der Waals surface area contributed by atoms with Gasteiger partial charge in [0.05, 0.1) is 0 Å². The van der Waals surface area contributed by atoms with Crippen LogP contribution in [0.1, 0.15) is 5.56 Å². The SMILES string of the molecule is CN(C)CCc1cc(Cl)c2c3c(Cl)ccc4ccc(Cl)c(c5c(Cl)ccc1c52)c43. The zero-order valence-electron chi connectivity index (χ0n) is 15.9. The molecule has 0 fully saturated rings. The average Bonchev–Trinajstić information content (AvgIpc) is 2.68. The maximum Gasteiger partial charge on any atom is 0.0494 e. The second kappa shape index (κ2) is 7.04. The second-order valence-electron chi connectivity index (χ2n) is 7.73. The summed E-state index contributed by atoms with van der Waals surface area (Å²) in [6.45, 7) is 0.927. The van der Waals surface area contributed by atoms with Gasteiger partial charge in [-0.2, -0.15) is 0 Å². The summed E-state index contributed by atoms with van der Waals surface area (Å²) in [5.41, 5.74) is 1.19. The van der Waals surface area contributed by atoms with Gasteiger partial charge in [-0.05, 0) is 61.1 Å². The number of likely N-dealkylation sites (N-methyl/N-ethyl adjacent to an activating group) is 1. The minimum Gasteiger partial charge on any atom is -0.309 e. The highest BCUT2D eigenvalue weighted by Gasteiger charge is 2.22. The third-order valence-corrected chi connectivity index (χ3v) is 6.95. The standard InChI is InChI=1S/C24H17Cl4N/c1-29(2)10-9-13-11-18(28)24-20-14(13)5-8-17(27)23(20)21-15(25)6-3-12-4-7-16(26)22(24)19(12)21/h3-8,11H,9-10H2,1-2H3. The predicted octanol–water partition coefficient (Wildman–Crippen LogP) is 8.45. The molecule has 0 saturated carbocycles. The summed E-state index contributed by atoms with van der Waals surface area (Å²) in [6, 6.07) is 14.0. The summed E-state index contributed by atoms with van der Waals surface area (Å²) in [5.74, 6) is 0. The van der Waals surface area contributed by atoms with Crippen molar-refractivity contribution in [1.29, 1.82) is 0 Å². The molecule has 0 aliphatic heterocycles. The van der Waals surface area contributed by atoms with Crippen LogP contribution in [0.25, 0.3) is 43.1 Å². The summed E-state index contributed by atoms with van der Waals surface area (Å²) >= 11 is 27.1. The Hall–Kier alpha value is -1.48. The van der Waals surface area contributed by atoms with E-state index in [9.17, 15) is 0 Å². The van der Waals surface area contributed by atoms with Gasteiger partial charge < -0.3 is 4.90 Å². The summed E-state index contributed by atoms with van der Waals surface area (Å²) in [6.07, 6.45) is 0.887. The number of hydrogen-bond acceptors (Lipinski definition) is 1. The minimum atomic E-state index is 0.663. The van der Waals surface area contributed by atoms with Gasteiger partial charge in [-0.25, -0.2) is 0 Å². The Kier molecular flexibility index (Phi) is 4.73. The van der Waals surface area contributed by atoms with Gasteiger partial charge in [0.2, 0.25) is 0 Å². The molecule has 146 valence electrons. The van der Waals surface area contributed by atoms with Gasteiger partial charge in [0.1, 0.15) is 0 Å². The molecule has 0 aromatic heterocycles. The Morgan fingerprint density at radius 1 is 0.621 bits per heavy atom. The molecule has 1 nitrogen and oxygen atoms in total. The van der Waals surface area contributed by atoms with Crippen molar-refractivity contribution in [3.05, 3.63) is 68.1 Å². The highest BCUT2D eigenvalue weighted by atomic mass is 35.5. The van der Waals surface area contributed by atoms with E-state index in [1.807, 2.05) is 30.3 Å². The number of fused-ring (bicyclic) bond motifs is 2. The van der Waals surface area contributed by atoms with Gasteiger partial charge in [-0.15, -0.1) is 0 Å². The quantitative estimate of drug-likeness (QED) is 0.193. The van der Waals surface area contributed by atoms with E-state index in [2.05, 4.69) is 31.1 Å². The minimum absolute atomic E-state index is 0.663. The Bertz CT molecular complexity index is 1370. The van der Waals surface area contributed by atoms with Crippen molar-refractivity contribution in [2.24, 2.45) is 0 Å². The molecule has 0 saturated heterocycles. The van der Waals surface area contributed by atoms with Crippen molar-refractivity contribution in [3.63, 3.8) is 0 Å². The Morgan fingerprint density at radius 3 is 1.72 bits per heavy atom. The maximum absolute atomic E-state index is 6.90. The van der Waals surface area contributed by atoms with E-state index in [1.54, 1.807) is 0 Å². The van der Waals surface area contributed by atoms with E-state index in [0.717, 1.165) is 56.1 Å². The van der Waals surface area contributed by atoms with E-state index in [-0.39, 0.29) is 0 Å². The molecule has 0 N–H and O–H groups in total. The second-order valence-corrected chi connectivity index (χ2v) is 9.36. The third-order valence-electron chi connectivity index (χ3n) is 5.70. The lowest BCUT2D eigenvalue weighted by Gasteiger charge is -2.20. The number of halogens is 4. The molecule has 0 bridgehead atoms. The lowest BCUT2D eigenvalue weighted by atomic mass is 9.87. The third kappa shape index (κ3) is 2.87. The van der Waals surface area contributed by atoms with Crippen molar-refractivity contribution in [3.8, 4) is 0 Å². The normalized spacial score (nSPS) is 12.4. The molecule has 5 rings (SSSR count). The smallest absolute Gasteiger partial charge is 0.0494 e. The van der Waals surface area contributed by atoms with Crippen molar-refractivity contribution >= 4 is 89.5 Å². The van der Waals surface area contributed by atoms with E-state index in [4.69, 9.17) is 46.4 Å². The van der Waals surface area contributed by atoms with E-state index >= 15 is 0 Å². The van der Waals surface area contributed by atoms with Crippen LogP contribution in [0, 0.1) is 0 Å². The molecule has 0 spiro atoms. The molecular weight excluding hydrogens is 444 g/mol. The van der Waals surface area contributed by atoms with Crippen LogP contribution in [0.15, 0.2) is 42.5 Å². The molecule has 0 aliphatic carbocycles. The van der Waals surface area contributed by atoms with Gasteiger partial charge in [-0.3, -0.25) is 0 Å². The summed E-state index contributed by atoms with van der Waals surface area (Å²) < 4.78 is 0. The summed E-state index contributed by atoms with van der Waals surface area (Å²) in [5, 5.41) is 10.7. The van der Waals surface area contributed by atoms with Gasteiger partial charge in [0.25, 0.3) is 0 Å². The number of benzene rings is 5. The first kappa shape index (κ1) is 19.5. The fraction of sp³-hybridized carbons (Fsp3) is 0.167. The molecule has 5 aromatic rings. The molecule has 5 heteroatoms. The van der Waals surface area contributed by atoms with Gasteiger partial charge in [0, 0.05) is 59.0 Å². The van der Waals surface area contributed by atoms with Gasteiger partial charge in [0.15, 0.2) is 0 Å². The lowest BCUT2D eigenvalue weighted by Crippen LogP contribution is -2.15. The first-order valence-corrected chi connectivity index (χ1v) is 10.9. The number of rotatable bonds is 3. The first-order valence-electron chi connectivity index (χ1n) is 9.38. The summed E-state index contributed by atoms with van der Waals surface area (Å²) in [4.78, 5) is 2.17. The zero-order valence-corrected chi connectivity index (χ0v) is 18.9. The molecular formula is C24H17Cl4N. The largest absolute Gasteiger partial charge is 0.309 e. The van der Waals surface area contributed by atoms with E-state index < -0.39 is 0 Å². The maximum atomic E-state index is 6.90. The van der Waals surface area contributed by atoms with Crippen LogP contribution in [-0.2, 0) is 6.42 Å². The highest BCUT2D eigenvalue weighted by molar-refractivity contribution is 6.53. The van der Waals surface area contributed by atoms with E-state index in [0.29, 0.717) is 20.1 Å². The zero-order chi connectivity index (χ0) is 20.4. The first-order chi connectivity index (χ1) is 13.9. The molecule has 5 aromatic carbocycles. The van der Waals surface area contributed by atoms with Gasteiger partial charge in [-0.1, -0.05) is 64.6 Å². The molecule has 29 heavy (non-hydrogen) atoms. The number of nitrogens with zero attached hydrogens (tertiary/aromatic N) is 1. The van der Waals surface area contributed by atoms with Crippen molar-refractivity contribution in [2.75, 3.05) is 20.6 Å². The van der Waals surface area contributed by atoms with Gasteiger partial charge >= 0.3 is 0 Å². The van der Waals surface area contributed by atoms with Crippen LogP contribution in [0.4, 0.5) is 0 Å². The van der Waals surface area contributed by atoms with E-state index in [1.165, 1.54) is 5.56 Å². The van der Waals surface area contributed by atoms with Crippen LogP contribution >= 0.6 is 46.4 Å². The summed E-state index contributed by atoms with van der Waals surface area (Å²) in [7, 11) is 4.14. The van der Waals surface area contributed by atoms with Crippen molar-refractivity contribution in [2.45, 2.75) is 6.42 Å². The molecule has 0 radical (unpaired) electrons. The molecule has 0 amide bonds. The molecule has 0 aliphatic rings. The van der Waals surface area contributed by atoms with Crippen LogP contribution < -0.4 is 0 Å². The highest BCUT2D eigenvalue weighted by Crippen LogP contribution is 2.49. The van der Waals surface area contributed by atoms with Crippen LogP contribution in [0.5, 0.6) is 0 Å². The van der Waals surface area contributed by atoms with Crippen LogP contribution in [0.2, 0.25) is 20.1 Å². The Morgan fingerprint density at radius 2 is 1.14 bits per heavy atom. The Balaban J connectivity index is 2.10. The number of hydrogen-bond donors (Lipinski definition) is 0. The predicted molar refractivity (Wildman–Crippen MR) is 130 cm³/mol. The van der Waals surface area contributed by atoms with Crippen molar-refractivity contribution in [1.82, 2.24) is 4.90 Å². The monoisotopic (exact) mass is 459 g/mol. The average molecular weight is 461 g/mol. The Labute approximate surface area is 189 Å². The van der Waals surface area contributed by atoms with Crippen molar-refractivity contribution < 1.29 is 0 Å². The molecule has 0 unspecified atom stereocenters. The topological polar surface area (TPSA) is 3.24 Å². The molecule has 0 heterocycles.